The van der Waals surface area contributed by atoms with Crippen LogP contribution in [0.25, 0.3) is 0 Å². The van der Waals surface area contributed by atoms with Gasteiger partial charge in [-0.25, -0.2) is 0 Å². The summed E-state index contributed by atoms with van der Waals surface area (Å²) in [7, 11) is 0. The van der Waals surface area contributed by atoms with Gasteiger partial charge in [-0.05, 0) is 154 Å². The summed E-state index contributed by atoms with van der Waals surface area (Å²) in [5, 5.41) is 4.06. The van der Waals surface area contributed by atoms with Gasteiger partial charge in [-0.15, -0.1) is 0 Å². The minimum atomic E-state index is 0.492. The van der Waals surface area contributed by atoms with Crippen molar-refractivity contribution >= 4 is 0 Å². The first-order valence-corrected chi connectivity index (χ1v) is 20.6. The van der Waals surface area contributed by atoms with Crippen LogP contribution in [0.4, 0.5) is 0 Å². The first kappa shape index (κ1) is 35.3. The second-order valence-corrected chi connectivity index (χ2v) is 16.7. The molecule has 1 saturated carbocycles. The summed E-state index contributed by atoms with van der Waals surface area (Å²) in [6.07, 6.45) is 56.1. The van der Waals surface area contributed by atoms with Gasteiger partial charge in [0.05, 0.1) is 0 Å². The van der Waals surface area contributed by atoms with Gasteiger partial charge >= 0.3 is 0 Å². The quantitative estimate of drug-likeness (QED) is 0.180. The monoisotopic (exact) mass is 669 g/mol. The third kappa shape index (κ3) is 8.17. The van der Waals surface area contributed by atoms with Gasteiger partial charge in [0.15, 0.2) is 0 Å². The number of nitrogens with one attached hydrogen (secondary N) is 1. The van der Waals surface area contributed by atoms with Gasteiger partial charge in [0.2, 0.25) is 0 Å². The van der Waals surface area contributed by atoms with Gasteiger partial charge < -0.3 is 11.1 Å². The Morgan fingerprint density at radius 2 is 1.82 bits per heavy atom. The topological polar surface area (TPSA) is 38.0 Å². The van der Waals surface area contributed by atoms with Crippen molar-refractivity contribution in [3.05, 3.63) is 131 Å². The van der Waals surface area contributed by atoms with E-state index >= 15 is 0 Å². The molecule has 2 nitrogen and oxygen atoms in total. The lowest BCUT2D eigenvalue weighted by Gasteiger charge is -2.43. The van der Waals surface area contributed by atoms with Crippen molar-refractivity contribution in [2.75, 3.05) is 6.54 Å². The molecule has 0 radical (unpaired) electrons. The highest BCUT2D eigenvalue weighted by Crippen LogP contribution is 2.50. The Balaban J connectivity index is 1.09. The SMILES string of the molecule is CC1=CCC(C(=C/N)/C=C/C(=C/CC(C)C2=C3C=CC=CC3C(C3C=CC=C4C=CCCC43)CC2)CNC2C=CCC3CCCCC32)CCC1. The summed E-state index contributed by atoms with van der Waals surface area (Å²) in [5.74, 6) is 5.26. The van der Waals surface area contributed by atoms with Crippen molar-refractivity contribution < 1.29 is 0 Å². The molecule has 3 N–H and O–H groups in total. The number of nitrogens with two attached hydrogens (primary N) is 1. The van der Waals surface area contributed by atoms with Gasteiger partial charge in [0.25, 0.3) is 0 Å². The fourth-order valence-corrected chi connectivity index (χ4v) is 10.8. The van der Waals surface area contributed by atoms with Crippen molar-refractivity contribution in [1.29, 1.82) is 0 Å². The van der Waals surface area contributed by atoms with Crippen molar-refractivity contribution in [2.45, 2.75) is 110 Å². The van der Waals surface area contributed by atoms with E-state index < -0.39 is 0 Å². The summed E-state index contributed by atoms with van der Waals surface area (Å²) in [5.41, 5.74) is 15.4. The Morgan fingerprint density at radius 3 is 2.74 bits per heavy atom. The van der Waals surface area contributed by atoms with E-state index in [0.717, 1.165) is 31.2 Å². The predicted octanol–water partition coefficient (Wildman–Crippen LogP) is 11.7. The summed E-state index contributed by atoms with van der Waals surface area (Å²) in [6.45, 7) is 5.70. The van der Waals surface area contributed by atoms with Crippen LogP contribution in [-0.2, 0) is 0 Å². The standard InChI is InChI=1S/C48H64N2/c1-34-12-9-15-37(28-24-34)40(32-49)29-27-36(33-50-48-23-11-17-39-14-4-6-19-43(39)48)26-25-35(2)41-30-31-47(46-21-8-7-20-44(41)46)45-22-10-16-38-13-3-5-18-42(38)45/h3,7-8,10-11,13,16,20-24,26-27,29,32,35,37,39,42-43,45-48,50H,4-6,9,12,14-15,17-19,25,28,30-31,33,49H2,1-2H3/b29-27+,36-26-,40-32+. The zero-order valence-corrected chi connectivity index (χ0v) is 31.1. The number of fused-ring (bicyclic) bond motifs is 3. The predicted molar refractivity (Wildman–Crippen MR) is 214 cm³/mol. The molecule has 0 bridgehead atoms. The van der Waals surface area contributed by atoms with Crippen LogP contribution < -0.4 is 11.1 Å². The third-order valence-electron chi connectivity index (χ3n) is 13.7. The minimum absolute atomic E-state index is 0.492. The Labute approximate surface area is 304 Å². The van der Waals surface area contributed by atoms with E-state index in [1.807, 2.05) is 6.20 Å². The van der Waals surface area contributed by atoms with Gasteiger partial charge in [-0.2, -0.15) is 0 Å². The summed E-state index contributed by atoms with van der Waals surface area (Å²) in [4.78, 5) is 0. The molecule has 50 heavy (non-hydrogen) atoms. The maximum Gasteiger partial charge on any atom is 0.0284 e. The first-order valence-electron chi connectivity index (χ1n) is 20.6. The van der Waals surface area contributed by atoms with Crippen molar-refractivity contribution in [1.82, 2.24) is 5.32 Å². The second kappa shape index (κ2) is 16.9. The maximum absolute atomic E-state index is 6.32. The van der Waals surface area contributed by atoms with E-state index in [1.54, 1.807) is 16.7 Å². The van der Waals surface area contributed by atoms with Crippen molar-refractivity contribution in [3.8, 4) is 0 Å². The Bertz CT molecular complexity index is 1550. The van der Waals surface area contributed by atoms with Gasteiger partial charge in [-0.1, -0.05) is 122 Å². The molecule has 7 aliphatic rings. The van der Waals surface area contributed by atoms with E-state index in [9.17, 15) is 0 Å². The maximum atomic E-state index is 6.32. The van der Waals surface area contributed by atoms with Crippen LogP contribution in [0.15, 0.2) is 131 Å². The van der Waals surface area contributed by atoms with Crippen LogP contribution in [0.2, 0.25) is 0 Å². The van der Waals surface area contributed by atoms with Crippen LogP contribution in [-0.4, -0.2) is 12.6 Å². The highest BCUT2D eigenvalue weighted by atomic mass is 14.9. The summed E-state index contributed by atoms with van der Waals surface area (Å²) in [6, 6.07) is 0.492. The van der Waals surface area contributed by atoms with E-state index in [1.165, 1.54) is 93.8 Å². The van der Waals surface area contributed by atoms with Crippen LogP contribution in [0.3, 0.4) is 0 Å². The zero-order chi connectivity index (χ0) is 34.3. The fourth-order valence-electron chi connectivity index (χ4n) is 10.8. The zero-order valence-electron chi connectivity index (χ0n) is 31.1. The number of allylic oxidation sites excluding steroid dienone is 18. The third-order valence-corrected chi connectivity index (χ3v) is 13.7. The lowest BCUT2D eigenvalue weighted by atomic mass is 9.61. The molecule has 9 unspecified atom stereocenters. The molecular formula is C48H64N2. The molecule has 7 aliphatic carbocycles. The van der Waals surface area contributed by atoms with Gasteiger partial charge in [-0.3, -0.25) is 0 Å². The molecule has 2 heteroatoms. The molecule has 0 aromatic carbocycles. The summed E-state index contributed by atoms with van der Waals surface area (Å²) >= 11 is 0. The highest BCUT2D eigenvalue weighted by molar-refractivity contribution is 5.42. The minimum Gasteiger partial charge on any atom is -0.404 e. The molecule has 0 saturated heterocycles. The van der Waals surface area contributed by atoms with Crippen molar-refractivity contribution in [2.24, 2.45) is 53.1 Å². The molecule has 0 aromatic rings. The molecule has 0 heterocycles. The number of rotatable bonds is 10. The van der Waals surface area contributed by atoms with E-state index in [4.69, 9.17) is 5.73 Å². The lowest BCUT2D eigenvalue weighted by Crippen LogP contribution is -2.42. The largest absolute Gasteiger partial charge is 0.404 e. The molecule has 0 spiro atoms. The average Bonchev–Trinajstić information content (AvgIpc) is 3.39. The lowest BCUT2D eigenvalue weighted by molar-refractivity contribution is 0.194. The molecule has 7 rings (SSSR count). The van der Waals surface area contributed by atoms with Crippen LogP contribution in [0.1, 0.15) is 104 Å². The molecular weight excluding hydrogens is 605 g/mol. The van der Waals surface area contributed by atoms with Gasteiger partial charge in [0, 0.05) is 18.5 Å². The van der Waals surface area contributed by atoms with Crippen LogP contribution in [0, 0.1) is 47.3 Å². The van der Waals surface area contributed by atoms with Crippen molar-refractivity contribution in [3.63, 3.8) is 0 Å². The number of hydrogen-bond donors (Lipinski definition) is 2. The Kier molecular flexibility index (Phi) is 12.0. The van der Waals surface area contributed by atoms with Crippen LogP contribution >= 0.6 is 0 Å². The molecule has 266 valence electrons. The highest BCUT2D eigenvalue weighted by Gasteiger charge is 2.39. The Hall–Kier alpha value is -3.10. The number of hydrogen-bond acceptors (Lipinski definition) is 2. The summed E-state index contributed by atoms with van der Waals surface area (Å²) < 4.78 is 0. The average molecular weight is 669 g/mol. The Morgan fingerprint density at radius 1 is 0.900 bits per heavy atom. The molecule has 9 atom stereocenters. The normalized spacial score (nSPS) is 34.9. The second-order valence-electron chi connectivity index (χ2n) is 16.7. The molecule has 0 aliphatic heterocycles. The van der Waals surface area contributed by atoms with Gasteiger partial charge in [0.1, 0.15) is 0 Å². The van der Waals surface area contributed by atoms with E-state index in [0.29, 0.717) is 41.5 Å². The van der Waals surface area contributed by atoms with E-state index in [2.05, 4.69) is 110 Å². The first-order chi connectivity index (χ1) is 24.6. The molecule has 0 amide bonds. The molecule has 0 aromatic heterocycles. The van der Waals surface area contributed by atoms with E-state index in [-0.39, 0.29) is 0 Å². The molecule has 1 fully saturated rings. The fraction of sp³-hybridized carbons (Fsp3) is 0.542. The smallest absolute Gasteiger partial charge is 0.0284 e. The van der Waals surface area contributed by atoms with Crippen LogP contribution in [0.5, 0.6) is 0 Å².